The van der Waals surface area contributed by atoms with Gasteiger partial charge in [0, 0.05) is 12.6 Å². The van der Waals surface area contributed by atoms with Gasteiger partial charge in [-0.1, -0.05) is 0 Å². The van der Waals surface area contributed by atoms with Crippen LogP contribution in [0, 0.1) is 0 Å². The van der Waals surface area contributed by atoms with Gasteiger partial charge in [-0.05, 0) is 24.3 Å². The predicted molar refractivity (Wildman–Crippen MR) is 64.4 cm³/mol. The normalized spacial score (nSPS) is 8.78. The minimum Gasteiger partial charge on any atom is -0.480 e. The summed E-state index contributed by atoms with van der Waals surface area (Å²) >= 11 is 0. The molecule has 0 saturated carbocycles. The molecule has 7 heteroatoms. The van der Waals surface area contributed by atoms with Crippen LogP contribution >= 0.6 is 0 Å². The van der Waals surface area contributed by atoms with Crippen molar-refractivity contribution in [2.24, 2.45) is 5.73 Å². The summed E-state index contributed by atoms with van der Waals surface area (Å²) in [4.78, 5) is 30.3. The summed E-state index contributed by atoms with van der Waals surface area (Å²) in [5.74, 6) is -2.12. The molecule has 0 aliphatic rings. The van der Waals surface area contributed by atoms with E-state index in [-0.39, 0.29) is 18.0 Å². The van der Waals surface area contributed by atoms with Crippen LogP contribution in [0.2, 0.25) is 0 Å². The minimum atomic E-state index is -0.977. The Kier molecular flexibility index (Phi) is 6.75. The number of anilines is 1. The van der Waals surface area contributed by atoms with E-state index in [4.69, 9.17) is 10.2 Å². The van der Waals surface area contributed by atoms with Crippen LogP contribution in [-0.4, -0.2) is 34.6 Å². The number of carboxylic acids is 2. The maximum atomic E-state index is 10.6. The average molecular weight is 254 g/mol. The summed E-state index contributed by atoms with van der Waals surface area (Å²) in [5, 5.41) is 18.7. The Bertz CT molecular complexity index is 428. The first-order valence-electron chi connectivity index (χ1n) is 4.89. The fourth-order valence-electron chi connectivity index (χ4n) is 0.899. The second kappa shape index (κ2) is 7.80. The van der Waals surface area contributed by atoms with Crippen LogP contribution in [0.4, 0.5) is 5.69 Å². The second-order valence-corrected chi connectivity index (χ2v) is 3.16. The summed E-state index contributed by atoms with van der Waals surface area (Å²) in [6, 6.07) is 5.97. The number of carbonyl (C=O) groups is 3. The van der Waals surface area contributed by atoms with Gasteiger partial charge >= 0.3 is 11.9 Å². The molecule has 0 unspecified atom stereocenters. The average Bonchev–Trinajstić information content (AvgIpc) is 2.29. The Morgan fingerprint density at radius 2 is 1.61 bits per heavy atom. The number of carboxylic acid groups (broad SMARTS) is 2. The number of amides is 1. The van der Waals surface area contributed by atoms with Crippen LogP contribution in [-0.2, 0) is 9.59 Å². The summed E-state index contributed by atoms with van der Waals surface area (Å²) < 4.78 is 0. The molecule has 0 bridgehead atoms. The molecule has 0 radical (unpaired) electrons. The highest BCUT2D eigenvalue weighted by molar-refractivity contribution is 5.91. The molecule has 18 heavy (non-hydrogen) atoms. The Morgan fingerprint density at radius 3 is 1.89 bits per heavy atom. The van der Waals surface area contributed by atoms with Gasteiger partial charge in [0.15, 0.2) is 0 Å². The van der Waals surface area contributed by atoms with Gasteiger partial charge in [0.05, 0.1) is 12.1 Å². The lowest BCUT2D eigenvalue weighted by molar-refractivity contribution is -0.135. The highest BCUT2D eigenvalue weighted by Gasteiger charge is 2.01. The summed E-state index contributed by atoms with van der Waals surface area (Å²) in [6.45, 7) is 1.12. The fourth-order valence-corrected chi connectivity index (χ4v) is 0.899. The van der Waals surface area contributed by atoms with Crippen molar-refractivity contribution in [1.29, 1.82) is 0 Å². The molecular weight excluding hydrogens is 240 g/mol. The number of aliphatic carboxylic acids is 1. The molecule has 0 fully saturated rings. The van der Waals surface area contributed by atoms with Crippen molar-refractivity contribution in [2.45, 2.75) is 6.92 Å². The largest absolute Gasteiger partial charge is 0.480 e. The number of nitrogens with two attached hydrogens (primary N) is 1. The van der Waals surface area contributed by atoms with E-state index in [0.29, 0.717) is 5.69 Å². The Balaban J connectivity index is 0.000000494. The van der Waals surface area contributed by atoms with Crippen LogP contribution in [0.1, 0.15) is 17.3 Å². The Morgan fingerprint density at radius 1 is 1.17 bits per heavy atom. The minimum absolute atomic E-state index is 0.178. The van der Waals surface area contributed by atoms with Gasteiger partial charge in [-0.3, -0.25) is 9.59 Å². The predicted octanol–water partition coefficient (Wildman–Crippen LogP) is 0.373. The van der Waals surface area contributed by atoms with Crippen molar-refractivity contribution in [2.75, 3.05) is 11.9 Å². The first-order chi connectivity index (χ1) is 8.36. The Hall–Kier alpha value is -2.41. The zero-order valence-electron chi connectivity index (χ0n) is 9.71. The van der Waals surface area contributed by atoms with Gasteiger partial charge in [0.25, 0.3) is 0 Å². The molecule has 0 saturated heterocycles. The molecule has 1 aromatic carbocycles. The van der Waals surface area contributed by atoms with Crippen LogP contribution in [0.25, 0.3) is 0 Å². The molecule has 0 aromatic heterocycles. The van der Waals surface area contributed by atoms with Crippen LogP contribution in [0.5, 0.6) is 0 Å². The monoisotopic (exact) mass is 254 g/mol. The van der Waals surface area contributed by atoms with E-state index in [1.165, 1.54) is 19.1 Å². The van der Waals surface area contributed by atoms with E-state index in [1.807, 2.05) is 0 Å². The SMILES string of the molecule is CC(=O)Nc1ccc(C(=O)O)cc1.NCC(=O)O. The van der Waals surface area contributed by atoms with Gasteiger partial charge < -0.3 is 21.3 Å². The van der Waals surface area contributed by atoms with Crippen molar-refractivity contribution in [1.82, 2.24) is 0 Å². The molecule has 0 heterocycles. The maximum Gasteiger partial charge on any atom is 0.335 e. The smallest absolute Gasteiger partial charge is 0.335 e. The molecule has 0 aliphatic heterocycles. The van der Waals surface area contributed by atoms with Crippen molar-refractivity contribution in [3.63, 3.8) is 0 Å². The van der Waals surface area contributed by atoms with Crippen LogP contribution in [0.3, 0.4) is 0 Å². The topological polar surface area (TPSA) is 130 Å². The number of hydrogen-bond acceptors (Lipinski definition) is 4. The van der Waals surface area contributed by atoms with E-state index in [1.54, 1.807) is 12.1 Å². The lowest BCUT2D eigenvalue weighted by Crippen LogP contribution is -2.10. The number of hydrogen-bond donors (Lipinski definition) is 4. The van der Waals surface area contributed by atoms with Crippen molar-refractivity contribution < 1.29 is 24.6 Å². The third kappa shape index (κ3) is 6.96. The van der Waals surface area contributed by atoms with Crippen molar-refractivity contribution >= 4 is 23.5 Å². The second-order valence-electron chi connectivity index (χ2n) is 3.16. The summed E-state index contributed by atoms with van der Waals surface area (Å²) in [6.07, 6.45) is 0. The van der Waals surface area contributed by atoms with E-state index >= 15 is 0 Å². The third-order valence-corrected chi connectivity index (χ3v) is 1.63. The zero-order valence-corrected chi connectivity index (χ0v) is 9.71. The maximum absolute atomic E-state index is 10.6. The summed E-state index contributed by atoms with van der Waals surface area (Å²) in [7, 11) is 0. The molecule has 7 nitrogen and oxygen atoms in total. The Labute approximate surface area is 103 Å². The highest BCUT2D eigenvalue weighted by atomic mass is 16.4. The zero-order chi connectivity index (χ0) is 14.1. The molecule has 1 amide bonds. The number of aromatic carboxylic acids is 1. The van der Waals surface area contributed by atoms with Gasteiger partial charge in [0.1, 0.15) is 0 Å². The molecule has 1 aromatic rings. The molecule has 0 atom stereocenters. The van der Waals surface area contributed by atoms with E-state index in [0.717, 1.165) is 0 Å². The number of benzene rings is 1. The third-order valence-electron chi connectivity index (χ3n) is 1.63. The van der Waals surface area contributed by atoms with E-state index in [2.05, 4.69) is 11.1 Å². The van der Waals surface area contributed by atoms with Gasteiger partial charge in [-0.15, -0.1) is 0 Å². The van der Waals surface area contributed by atoms with Crippen LogP contribution < -0.4 is 11.1 Å². The standard InChI is InChI=1S/C9H9NO3.C2H5NO2/c1-6(11)10-8-4-2-7(3-5-8)9(12)13;3-1-2(4)5/h2-5H,1H3,(H,10,11)(H,12,13);1,3H2,(H,4,5). The first-order valence-corrected chi connectivity index (χ1v) is 4.89. The first kappa shape index (κ1) is 15.6. The number of rotatable bonds is 3. The molecule has 1 rings (SSSR count). The lowest BCUT2D eigenvalue weighted by atomic mass is 10.2. The van der Waals surface area contributed by atoms with E-state index < -0.39 is 11.9 Å². The molecule has 0 aliphatic carbocycles. The lowest BCUT2D eigenvalue weighted by Gasteiger charge is -2.01. The van der Waals surface area contributed by atoms with Gasteiger partial charge in [-0.25, -0.2) is 4.79 Å². The summed E-state index contributed by atoms with van der Waals surface area (Å²) in [5.41, 5.74) is 5.37. The number of nitrogens with one attached hydrogen (secondary N) is 1. The van der Waals surface area contributed by atoms with E-state index in [9.17, 15) is 14.4 Å². The van der Waals surface area contributed by atoms with Gasteiger partial charge in [0.2, 0.25) is 5.91 Å². The van der Waals surface area contributed by atoms with Crippen molar-refractivity contribution in [3.05, 3.63) is 29.8 Å². The van der Waals surface area contributed by atoms with Crippen molar-refractivity contribution in [3.8, 4) is 0 Å². The highest BCUT2D eigenvalue weighted by Crippen LogP contribution is 2.08. The molecule has 5 N–H and O–H groups in total. The quantitative estimate of drug-likeness (QED) is 0.616. The van der Waals surface area contributed by atoms with Gasteiger partial charge in [-0.2, -0.15) is 0 Å². The van der Waals surface area contributed by atoms with Crippen LogP contribution in [0.15, 0.2) is 24.3 Å². The molecular formula is C11H14N2O5. The number of carbonyl (C=O) groups excluding carboxylic acids is 1. The fraction of sp³-hybridized carbons (Fsp3) is 0.182. The molecule has 98 valence electrons. The molecule has 0 spiro atoms.